The van der Waals surface area contributed by atoms with Gasteiger partial charge in [-0.25, -0.2) is 4.79 Å². The van der Waals surface area contributed by atoms with Crippen LogP contribution in [0, 0.1) is 6.92 Å². The van der Waals surface area contributed by atoms with E-state index in [9.17, 15) is 4.79 Å². The van der Waals surface area contributed by atoms with Crippen molar-refractivity contribution < 1.29 is 13.6 Å². The summed E-state index contributed by atoms with van der Waals surface area (Å²) in [5.41, 5.74) is 2.71. The molecule has 0 radical (unpaired) electrons. The minimum Gasteiger partial charge on any atom is -0.494 e. The first kappa shape index (κ1) is 17.9. The Morgan fingerprint density at radius 2 is 1.82 bits per heavy atom. The number of nitrogens with one attached hydrogen (secondary N) is 1. The number of fused-ring (bicyclic) bond motifs is 1. The van der Waals surface area contributed by atoms with Crippen LogP contribution in [0.4, 0.5) is 5.88 Å². The minimum absolute atomic E-state index is 0.414. The van der Waals surface area contributed by atoms with Gasteiger partial charge in [-0.05, 0) is 37.1 Å². The molecule has 0 aliphatic heterocycles. The van der Waals surface area contributed by atoms with Gasteiger partial charge in [-0.3, -0.25) is 0 Å². The van der Waals surface area contributed by atoms with Crippen LogP contribution < -0.4 is 15.7 Å². The van der Waals surface area contributed by atoms with Crippen molar-refractivity contribution in [3.63, 3.8) is 0 Å². The van der Waals surface area contributed by atoms with E-state index in [0.29, 0.717) is 41.3 Å². The number of aryl methyl sites for hydroxylation is 1. The Morgan fingerprint density at radius 1 is 1.00 bits per heavy atom. The Labute approximate surface area is 162 Å². The lowest BCUT2D eigenvalue weighted by atomic mass is 10.0. The van der Waals surface area contributed by atoms with Crippen molar-refractivity contribution in [1.82, 2.24) is 0 Å². The fourth-order valence-electron chi connectivity index (χ4n) is 3.25. The van der Waals surface area contributed by atoms with Gasteiger partial charge < -0.3 is 18.9 Å². The zero-order valence-electron chi connectivity index (χ0n) is 15.8. The van der Waals surface area contributed by atoms with Gasteiger partial charge in [0.15, 0.2) is 0 Å². The van der Waals surface area contributed by atoms with Crippen LogP contribution in [0.3, 0.4) is 0 Å². The smallest absolute Gasteiger partial charge is 0.347 e. The third-order valence-electron chi connectivity index (χ3n) is 4.46. The van der Waals surface area contributed by atoms with Gasteiger partial charge in [-0.1, -0.05) is 42.5 Å². The van der Waals surface area contributed by atoms with E-state index in [1.807, 2.05) is 61.5 Å². The summed E-state index contributed by atoms with van der Waals surface area (Å²) in [7, 11) is 0. The number of benzene rings is 2. The van der Waals surface area contributed by atoms with E-state index in [1.165, 1.54) is 0 Å². The summed E-state index contributed by atoms with van der Waals surface area (Å²) in [6.07, 6.45) is 0. The molecule has 4 rings (SSSR count). The fraction of sp³-hybridized carbons (Fsp3) is 0.174. The van der Waals surface area contributed by atoms with E-state index < -0.39 is 5.63 Å². The van der Waals surface area contributed by atoms with Crippen molar-refractivity contribution >= 4 is 16.9 Å². The maximum absolute atomic E-state index is 12.6. The molecule has 0 saturated heterocycles. The summed E-state index contributed by atoms with van der Waals surface area (Å²) in [5.74, 6) is 1.78. The monoisotopic (exact) mass is 375 g/mol. The van der Waals surface area contributed by atoms with Crippen LogP contribution in [0.25, 0.3) is 22.1 Å². The number of furan rings is 1. The van der Waals surface area contributed by atoms with Crippen molar-refractivity contribution in [2.45, 2.75) is 20.4 Å². The van der Waals surface area contributed by atoms with Gasteiger partial charge in [0.2, 0.25) is 5.88 Å². The second-order valence-corrected chi connectivity index (χ2v) is 6.49. The molecule has 2 aromatic carbocycles. The predicted octanol–water partition coefficient (Wildman–Crippen LogP) is 5.37. The second-order valence-electron chi connectivity index (χ2n) is 6.49. The van der Waals surface area contributed by atoms with E-state index >= 15 is 0 Å². The van der Waals surface area contributed by atoms with Crippen LogP contribution in [0.5, 0.6) is 5.75 Å². The molecule has 2 heterocycles. The first-order valence-corrected chi connectivity index (χ1v) is 9.24. The molecule has 0 fully saturated rings. The zero-order chi connectivity index (χ0) is 19.5. The molecule has 0 aliphatic rings. The summed E-state index contributed by atoms with van der Waals surface area (Å²) >= 11 is 0. The third-order valence-corrected chi connectivity index (χ3v) is 4.46. The second kappa shape index (κ2) is 7.64. The molecule has 2 aromatic heterocycles. The first-order valence-electron chi connectivity index (χ1n) is 9.24. The molecule has 142 valence electrons. The molecule has 28 heavy (non-hydrogen) atoms. The maximum atomic E-state index is 12.6. The van der Waals surface area contributed by atoms with Gasteiger partial charge in [0.1, 0.15) is 22.5 Å². The van der Waals surface area contributed by atoms with Crippen molar-refractivity contribution in [1.29, 1.82) is 0 Å². The topological polar surface area (TPSA) is 64.6 Å². The van der Waals surface area contributed by atoms with Crippen molar-refractivity contribution in [2.75, 3.05) is 11.9 Å². The molecule has 0 saturated carbocycles. The molecule has 1 N–H and O–H groups in total. The molecule has 0 spiro atoms. The lowest BCUT2D eigenvalue weighted by Crippen LogP contribution is -2.02. The van der Waals surface area contributed by atoms with E-state index in [2.05, 4.69) is 5.32 Å². The van der Waals surface area contributed by atoms with Crippen LogP contribution in [-0.4, -0.2) is 6.61 Å². The van der Waals surface area contributed by atoms with Gasteiger partial charge in [-0.2, -0.15) is 0 Å². The normalized spacial score (nSPS) is 10.9. The third kappa shape index (κ3) is 3.51. The highest BCUT2D eigenvalue weighted by Gasteiger charge is 2.21. The molecule has 5 nitrogen and oxygen atoms in total. The summed E-state index contributed by atoms with van der Waals surface area (Å²) in [6.45, 7) is 4.80. The van der Waals surface area contributed by atoms with Gasteiger partial charge in [0.25, 0.3) is 0 Å². The Balaban J connectivity index is 1.84. The quantitative estimate of drug-likeness (QED) is 0.491. The largest absolute Gasteiger partial charge is 0.494 e. The van der Waals surface area contributed by atoms with Crippen LogP contribution in [0.1, 0.15) is 18.2 Å². The molecule has 0 amide bonds. The first-order chi connectivity index (χ1) is 13.7. The highest BCUT2D eigenvalue weighted by molar-refractivity contribution is 5.99. The summed E-state index contributed by atoms with van der Waals surface area (Å²) in [6, 6.07) is 19.4. The van der Waals surface area contributed by atoms with E-state index in [1.54, 1.807) is 13.0 Å². The van der Waals surface area contributed by atoms with Crippen molar-refractivity contribution in [3.8, 4) is 16.9 Å². The Kier molecular flexibility index (Phi) is 4.89. The lowest BCUT2D eigenvalue weighted by molar-refractivity contribution is 0.340. The SMILES string of the molecule is CCOc1cccc(-c2c(NCc3ccccc3)oc3cc(C)oc(=O)c23)c1. The highest BCUT2D eigenvalue weighted by Crippen LogP contribution is 2.38. The number of ether oxygens (including phenoxy) is 1. The molecular formula is C23H21NO4. The molecule has 5 heteroatoms. The van der Waals surface area contributed by atoms with Gasteiger partial charge >= 0.3 is 5.63 Å². The minimum atomic E-state index is -0.414. The molecular weight excluding hydrogens is 354 g/mol. The standard InChI is InChI=1S/C23H21NO4/c1-3-26-18-11-7-10-17(13-18)20-21-19(12-15(2)27-23(21)25)28-22(20)24-14-16-8-5-4-6-9-16/h4-13,24H,3,14H2,1-2H3. The average Bonchev–Trinajstić information content (AvgIpc) is 3.06. The number of hydrogen-bond acceptors (Lipinski definition) is 5. The summed E-state index contributed by atoms with van der Waals surface area (Å²) in [5, 5.41) is 3.75. The molecule has 0 unspecified atom stereocenters. The summed E-state index contributed by atoms with van der Waals surface area (Å²) in [4.78, 5) is 12.6. The lowest BCUT2D eigenvalue weighted by Gasteiger charge is -2.08. The average molecular weight is 375 g/mol. The predicted molar refractivity (Wildman–Crippen MR) is 110 cm³/mol. The van der Waals surface area contributed by atoms with Crippen molar-refractivity contribution in [2.24, 2.45) is 0 Å². The summed E-state index contributed by atoms with van der Waals surface area (Å²) < 4.78 is 17.0. The van der Waals surface area contributed by atoms with Crippen LogP contribution in [0.15, 0.2) is 74.3 Å². The van der Waals surface area contributed by atoms with Crippen LogP contribution >= 0.6 is 0 Å². The van der Waals surface area contributed by atoms with Crippen LogP contribution in [-0.2, 0) is 6.54 Å². The molecule has 4 aromatic rings. The van der Waals surface area contributed by atoms with E-state index in [-0.39, 0.29) is 0 Å². The van der Waals surface area contributed by atoms with E-state index in [4.69, 9.17) is 13.6 Å². The number of anilines is 1. The van der Waals surface area contributed by atoms with E-state index in [0.717, 1.165) is 16.9 Å². The van der Waals surface area contributed by atoms with Crippen molar-refractivity contribution in [3.05, 3.63) is 82.4 Å². The van der Waals surface area contributed by atoms with Gasteiger partial charge in [0, 0.05) is 12.6 Å². The van der Waals surface area contributed by atoms with Gasteiger partial charge in [0.05, 0.1) is 12.2 Å². The molecule has 0 bridgehead atoms. The fourth-order valence-corrected chi connectivity index (χ4v) is 3.25. The van der Waals surface area contributed by atoms with Crippen LogP contribution in [0.2, 0.25) is 0 Å². The van der Waals surface area contributed by atoms with Gasteiger partial charge in [-0.15, -0.1) is 0 Å². The number of hydrogen-bond donors (Lipinski definition) is 1. The number of rotatable bonds is 6. The maximum Gasteiger partial charge on any atom is 0.347 e. The molecule has 0 atom stereocenters. The Morgan fingerprint density at radius 3 is 2.61 bits per heavy atom. The zero-order valence-corrected chi connectivity index (χ0v) is 15.8. The Bertz CT molecular complexity index is 1160. The Hall–Kier alpha value is -3.47. The molecule has 0 aliphatic carbocycles. The highest BCUT2D eigenvalue weighted by atomic mass is 16.5.